The van der Waals surface area contributed by atoms with Crippen LogP contribution in [0.4, 0.5) is 0 Å². The summed E-state index contributed by atoms with van der Waals surface area (Å²) in [7, 11) is 0. The normalized spacial score (nSPS) is 17.3. The molecule has 116 valence electrons. The molecule has 0 aliphatic carbocycles. The van der Waals surface area contributed by atoms with Crippen molar-refractivity contribution < 1.29 is 4.79 Å². The van der Waals surface area contributed by atoms with E-state index >= 15 is 0 Å². The number of carbonyl (C=O) groups is 1. The second-order valence-electron chi connectivity index (χ2n) is 5.87. The minimum absolute atomic E-state index is 0.149. The Morgan fingerprint density at radius 3 is 2.52 bits per heavy atom. The number of carbonyl (C=O) groups excluding carboxylic acids is 1. The van der Waals surface area contributed by atoms with Crippen LogP contribution in [0, 0.1) is 0 Å². The highest BCUT2D eigenvalue weighted by atomic mass is 16.2. The van der Waals surface area contributed by atoms with Crippen LogP contribution < -0.4 is 5.32 Å². The molecule has 3 heteroatoms. The third kappa shape index (κ3) is 4.07. The van der Waals surface area contributed by atoms with Crippen molar-refractivity contribution in [3.05, 3.63) is 35.4 Å². The molecule has 1 unspecified atom stereocenters. The van der Waals surface area contributed by atoms with Crippen LogP contribution in [-0.4, -0.2) is 30.4 Å². The van der Waals surface area contributed by atoms with Gasteiger partial charge in [0.2, 0.25) is 5.91 Å². The van der Waals surface area contributed by atoms with E-state index in [1.54, 1.807) is 0 Å². The summed E-state index contributed by atoms with van der Waals surface area (Å²) in [6, 6.07) is 8.20. The summed E-state index contributed by atoms with van der Waals surface area (Å²) in [6.07, 6.45) is 5.45. The van der Waals surface area contributed by atoms with Gasteiger partial charge in [-0.15, -0.1) is 0 Å². The van der Waals surface area contributed by atoms with Gasteiger partial charge in [-0.1, -0.05) is 51.0 Å². The lowest BCUT2D eigenvalue weighted by atomic mass is 9.93. The topological polar surface area (TPSA) is 32.3 Å². The average molecular weight is 288 g/mol. The molecule has 0 aromatic heterocycles. The maximum Gasteiger partial charge on any atom is 0.244 e. The quantitative estimate of drug-likeness (QED) is 0.835. The van der Waals surface area contributed by atoms with Crippen molar-refractivity contribution in [2.24, 2.45) is 0 Å². The molecule has 1 aliphatic heterocycles. The lowest BCUT2D eigenvalue weighted by Crippen LogP contribution is -2.44. The van der Waals surface area contributed by atoms with Gasteiger partial charge >= 0.3 is 0 Å². The summed E-state index contributed by atoms with van der Waals surface area (Å²) in [5.74, 6) is 0.254. The second-order valence-corrected chi connectivity index (χ2v) is 5.87. The smallest absolute Gasteiger partial charge is 0.244 e. The van der Waals surface area contributed by atoms with Crippen molar-refractivity contribution in [1.29, 1.82) is 0 Å². The third-order valence-electron chi connectivity index (χ3n) is 4.23. The lowest BCUT2D eigenvalue weighted by Gasteiger charge is -2.31. The van der Waals surface area contributed by atoms with Crippen LogP contribution in [0.15, 0.2) is 24.3 Å². The van der Waals surface area contributed by atoms with Crippen molar-refractivity contribution in [3.8, 4) is 0 Å². The van der Waals surface area contributed by atoms with E-state index in [1.807, 2.05) is 6.07 Å². The van der Waals surface area contributed by atoms with E-state index in [0.29, 0.717) is 0 Å². The van der Waals surface area contributed by atoms with Gasteiger partial charge in [-0.05, 0) is 30.4 Å². The van der Waals surface area contributed by atoms with Crippen molar-refractivity contribution >= 4 is 5.91 Å². The van der Waals surface area contributed by atoms with E-state index in [9.17, 15) is 4.79 Å². The van der Waals surface area contributed by atoms with Crippen LogP contribution in [0.3, 0.4) is 0 Å². The number of hydrogen-bond acceptors (Lipinski definition) is 2. The van der Waals surface area contributed by atoms with Crippen LogP contribution in [0.25, 0.3) is 0 Å². The molecule has 1 atom stereocenters. The van der Waals surface area contributed by atoms with Gasteiger partial charge in [0.25, 0.3) is 0 Å². The fourth-order valence-electron chi connectivity index (χ4n) is 2.94. The number of rotatable bonds is 7. The molecule has 0 fully saturated rings. The number of nitrogens with one attached hydrogen (secondary N) is 1. The van der Waals surface area contributed by atoms with E-state index in [1.165, 1.54) is 11.1 Å². The van der Waals surface area contributed by atoms with Crippen LogP contribution >= 0.6 is 0 Å². The zero-order chi connectivity index (χ0) is 15.1. The number of unbranched alkanes of at least 4 members (excludes halogenated alkanes) is 2. The third-order valence-corrected chi connectivity index (χ3v) is 4.23. The molecule has 1 heterocycles. The van der Waals surface area contributed by atoms with E-state index in [-0.39, 0.29) is 11.9 Å². The molecule has 0 spiro atoms. The molecule has 0 saturated carbocycles. The lowest BCUT2D eigenvalue weighted by molar-refractivity contribution is -0.134. The van der Waals surface area contributed by atoms with Crippen LogP contribution in [0.1, 0.15) is 56.7 Å². The Labute approximate surface area is 128 Å². The molecule has 3 nitrogen and oxygen atoms in total. The summed E-state index contributed by atoms with van der Waals surface area (Å²) in [4.78, 5) is 15.0. The Morgan fingerprint density at radius 1 is 1.19 bits per heavy atom. The summed E-state index contributed by atoms with van der Waals surface area (Å²) < 4.78 is 0. The second kappa shape index (κ2) is 8.18. The molecule has 1 aromatic rings. The molecule has 21 heavy (non-hydrogen) atoms. The van der Waals surface area contributed by atoms with Crippen molar-refractivity contribution in [2.75, 3.05) is 19.6 Å². The first-order chi connectivity index (χ1) is 10.3. The van der Waals surface area contributed by atoms with E-state index in [2.05, 4.69) is 42.3 Å². The van der Waals surface area contributed by atoms with Gasteiger partial charge in [0, 0.05) is 19.6 Å². The maximum absolute atomic E-state index is 12.9. The summed E-state index contributed by atoms with van der Waals surface area (Å²) >= 11 is 0. The molecule has 1 aliphatic rings. The van der Waals surface area contributed by atoms with Gasteiger partial charge in [-0.3, -0.25) is 4.79 Å². The number of fused-ring (bicyclic) bond motifs is 1. The molecule has 1 amide bonds. The largest absolute Gasteiger partial charge is 0.341 e. The SMILES string of the molecule is CCCCN(CCCC)C(=O)C1NCCc2ccccc21. The molecule has 0 bridgehead atoms. The highest BCUT2D eigenvalue weighted by Gasteiger charge is 2.28. The standard InChI is InChI=1S/C18H28N2O/c1-3-5-13-20(14-6-4-2)18(21)17-16-10-8-7-9-15(16)11-12-19-17/h7-10,17,19H,3-6,11-14H2,1-2H3. The van der Waals surface area contributed by atoms with E-state index in [4.69, 9.17) is 0 Å². The summed E-state index contributed by atoms with van der Waals surface area (Å²) in [5, 5.41) is 3.42. The monoisotopic (exact) mass is 288 g/mol. The Morgan fingerprint density at radius 2 is 1.86 bits per heavy atom. The minimum Gasteiger partial charge on any atom is -0.341 e. The van der Waals surface area contributed by atoms with Crippen LogP contribution in [0.2, 0.25) is 0 Å². The van der Waals surface area contributed by atoms with Gasteiger partial charge in [0.15, 0.2) is 0 Å². The van der Waals surface area contributed by atoms with Gasteiger partial charge in [-0.25, -0.2) is 0 Å². The van der Waals surface area contributed by atoms with Crippen molar-refractivity contribution in [1.82, 2.24) is 10.2 Å². The Kier molecular flexibility index (Phi) is 6.24. The van der Waals surface area contributed by atoms with Gasteiger partial charge in [0.1, 0.15) is 6.04 Å². The molecular weight excluding hydrogens is 260 g/mol. The zero-order valence-corrected chi connectivity index (χ0v) is 13.4. The molecule has 1 aromatic carbocycles. The van der Waals surface area contributed by atoms with Gasteiger partial charge in [-0.2, -0.15) is 0 Å². The first-order valence-corrected chi connectivity index (χ1v) is 8.37. The van der Waals surface area contributed by atoms with Crippen LogP contribution in [-0.2, 0) is 11.2 Å². The predicted octanol–water partition coefficient (Wildman–Crippen LogP) is 3.30. The predicted molar refractivity (Wildman–Crippen MR) is 87.3 cm³/mol. The Bertz CT molecular complexity index is 450. The molecule has 2 rings (SSSR count). The number of benzene rings is 1. The van der Waals surface area contributed by atoms with E-state index < -0.39 is 0 Å². The number of nitrogens with zero attached hydrogens (tertiary/aromatic N) is 1. The maximum atomic E-state index is 12.9. The minimum atomic E-state index is -0.149. The van der Waals surface area contributed by atoms with Gasteiger partial charge < -0.3 is 10.2 Å². The van der Waals surface area contributed by atoms with E-state index in [0.717, 1.165) is 51.7 Å². The van der Waals surface area contributed by atoms with Gasteiger partial charge in [0.05, 0.1) is 0 Å². The Hall–Kier alpha value is -1.35. The van der Waals surface area contributed by atoms with Crippen molar-refractivity contribution in [3.63, 3.8) is 0 Å². The molecule has 1 N–H and O–H groups in total. The fourth-order valence-corrected chi connectivity index (χ4v) is 2.94. The summed E-state index contributed by atoms with van der Waals surface area (Å²) in [5.41, 5.74) is 2.49. The number of hydrogen-bond donors (Lipinski definition) is 1. The molecule has 0 radical (unpaired) electrons. The molecule has 0 saturated heterocycles. The highest BCUT2D eigenvalue weighted by molar-refractivity contribution is 5.84. The fraction of sp³-hybridized carbons (Fsp3) is 0.611. The highest BCUT2D eigenvalue weighted by Crippen LogP contribution is 2.24. The first kappa shape index (κ1) is 16.0. The number of amides is 1. The average Bonchev–Trinajstić information content (AvgIpc) is 2.54. The Balaban J connectivity index is 2.12. The first-order valence-electron chi connectivity index (χ1n) is 8.37. The molecular formula is C18H28N2O. The zero-order valence-electron chi connectivity index (χ0n) is 13.4. The van der Waals surface area contributed by atoms with Crippen molar-refractivity contribution in [2.45, 2.75) is 52.0 Å². The summed E-state index contributed by atoms with van der Waals surface area (Å²) in [6.45, 7) is 7.02. The van der Waals surface area contributed by atoms with Crippen LogP contribution in [0.5, 0.6) is 0 Å².